The summed E-state index contributed by atoms with van der Waals surface area (Å²) in [5.41, 5.74) is 0. The van der Waals surface area contributed by atoms with Crippen LogP contribution >= 0.6 is 0 Å². The van der Waals surface area contributed by atoms with Crippen LogP contribution in [0.2, 0.25) is 0 Å². The number of aliphatic hydroxyl groups excluding tert-OH is 2. The highest BCUT2D eigenvalue weighted by atomic mass is 16.3. The second-order valence-electron chi connectivity index (χ2n) is 0.654. The van der Waals surface area contributed by atoms with Gasteiger partial charge in [-0.05, 0) is 0 Å². The van der Waals surface area contributed by atoms with Crippen LogP contribution in [0.3, 0.4) is 0 Å². The van der Waals surface area contributed by atoms with Crippen molar-refractivity contribution in [3.63, 3.8) is 0 Å². The van der Waals surface area contributed by atoms with Crippen LogP contribution in [0.25, 0.3) is 0 Å². The van der Waals surface area contributed by atoms with Crippen molar-refractivity contribution in [1.82, 2.24) is 0 Å². The van der Waals surface area contributed by atoms with Crippen molar-refractivity contribution in [3.8, 4) is 0 Å². The van der Waals surface area contributed by atoms with E-state index in [4.69, 9.17) is 10.2 Å². The van der Waals surface area contributed by atoms with Crippen LogP contribution in [0.5, 0.6) is 0 Å². The molecule has 2 heteroatoms. The van der Waals surface area contributed by atoms with Crippen molar-refractivity contribution in [2.75, 3.05) is 13.2 Å². The van der Waals surface area contributed by atoms with Crippen LogP contribution in [0.4, 0.5) is 0 Å². The first kappa shape index (κ1) is 4.79. The molecule has 0 aliphatic rings. The molecule has 0 radical (unpaired) electrons. The maximum Gasteiger partial charge on any atom is 0.186 e. The number of hydrogen-bond acceptors (Lipinski definition) is 2. The summed E-state index contributed by atoms with van der Waals surface area (Å²) in [5, 5.41) is 15.7. The average Bonchev–Trinajstić information content (AvgIpc) is 1.41. The van der Waals surface area contributed by atoms with Gasteiger partial charge < -0.3 is 10.2 Å². The minimum absolute atomic E-state index is 0.0312. The van der Waals surface area contributed by atoms with E-state index < -0.39 is 0 Å². The summed E-state index contributed by atoms with van der Waals surface area (Å²) >= 11 is 0. The normalized spacial score (nSPS) is 7.60. The Bertz CT molecular complexity index is 12.4. The van der Waals surface area contributed by atoms with Crippen molar-refractivity contribution >= 4 is 0 Å². The first-order valence-electron chi connectivity index (χ1n) is 1.45. The molecule has 0 heterocycles. The number of rotatable bonds is 2. The third-order valence-corrected chi connectivity index (χ3v) is 0.258. The third kappa shape index (κ3) is 3.79. The first-order chi connectivity index (χ1) is 2.41. The van der Waals surface area contributed by atoms with Crippen LogP contribution < -0.4 is 0 Å². The minimum atomic E-state index is -0.0312. The van der Waals surface area contributed by atoms with Crippen LogP contribution in [-0.2, 0) is 0 Å². The van der Waals surface area contributed by atoms with Gasteiger partial charge in [0.25, 0.3) is 0 Å². The van der Waals surface area contributed by atoms with E-state index in [1.165, 1.54) is 6.42 Å². The molecule has 0 aromatic rings. The molecular weight excluding hydrogens is 68.0 g/mol. The van der Waals surface area contributed by atoms with Gasteiger partial charge >= 0.3 is 0 Å². The van der Waals surface area contributed by atoms with Gasteiger partial charge in [0.15, 0.2) is 13.2 Å². The van der Waals surface area contributed by atoms with E-state index in [0.717, 1.165) is 0 Å². The summed E-state index contributed by atoms with van der Waals surface area (Å²) < 4.78 is 0. The van der Waals surface area contributed by atoms with Gasteiger partial charge in [0.05, 0.1) is 0 Å². The Labute approximate surface area is 31.1 Å². The van der Waals surface area contributed by atoms with Crippen molar-refractivity contribution in [3.05, 3.63) is 6.42 Å². The summed E-state index contributed by atoms with van der Waals surface area (Å²) in [6.45, 7) is -0.0625. The molecule has 0 bridgehead atoms. The molecule has 2 N–H and O–H groups in total. The van der Waals surface area contributed by atoms with E-state index >= 15 is 0 Å². The molecule has 0 amide bonds. The second kappa shape index (κ2) is 3.79. The maximum absolute atomic E-state index is 7.85. The molecule has 0 unspecified atom stereocenters. The Morgan fingerprint density at radius 1 is 1.20 bits per heavy atom. The van der Waals surface area contributed by atoms with Gasteiger partial charge in [-0.3, -0.25) is 0 Å². The molecule has 0 fully saturated rings. The molecule has 0 spiro atoms. The summed E-state index contributed by atoms with van der Waals surface area (Å²) in [6, 6.07) is 0. The quantitative estimate of drug-likeness (QED) is 0.421. The Morgan fingerprint density at radius 3 is 1.60 bits per heavy atom. The minimum Gasteiger partial charge on any atom is -0.356 e. The summed E-state index contributed by atoms with van der Waals surface area (Å²) in [6.07, 6.45) is 1.36. The fraction of sp³-hybridized carbons (Fsp3) is 0.667. The van der Waals surface area contributed by atoms with Gasteiger partial charge in [0.2, 0.25) is 0 Å². The zero-order chi connectivity index (χ0) is 4.12. The standard InChI is InChI=1S/C3H7O2/c4-2-1-3-5/h1,4-5H,2-3H2/q+1. The van der Waals surface area contributed by atoms with Crippen LogP contribution in [0, 0.1) is 6.42 Å². The number of hydrogen-bond donors (Lipinski definition) is 2. The highest BCUT2D eigenvalue weighted by Crippen LogP contribution is 1.62. The van der Waals surface area contributed by atoms with Crippen LogP contribution in [0.1, 0.15) is 0 Å². The van der Waals surface area contributed by atoms with E-state index in [2.05, 4.69) is 0 Å². The average molecular weight is 75.1 g/mol. The molecule has 0 aromatic heterocycles. The molecular formula is C3H7O2+. The molecule has 0 aromatic carbocycles. The molecule has 2 nitrogen and oxygen atoms in total. The van der Waals surface area contributed by atoms with Crippen molar-refractivity contribution in [1.29, 1.82) is 0 Å². The number of aliphatic hydroxyl groups is 2. The molecule has 0 aliphatic carbocycles. The topological polar surface area (TPSA) is 40.5 Å². The SMILES string of the molecule is OC[CH+]CO. The van der Waals surface area contributed by atoms with Gasteiger partial charge in [0, 0.05) is 0 Å². The van der Waals surface area contributed by atoms with Crippen molar-refractivity contribution in [2.45, 2.75) is 0 Å². The summed E-state index contributed by atoms with van der Waals surface area (Å²) in [4.78, 5) is 0. The monoisotopic (exact) mass is 75.0 g/mol. The van der Waals surface area contributed by atoms with Gasteiger partial charge in [-0.25, -0.2) is 0 Å². The van der Waals surface area contributed by atoms with E-state index in [1.54, 1.807) is 0 Å². The smallest absolute Gasteiger partial charge is 0.186 e. The highest BCUT2D eigenvalue weighted by molar-refractivity contribution is 4.55. The lowest BCUT2D eigenvalue weighted by Gasteiger charge is -1.68. The van der Waals surface area contributed by atoms with Gasteiger partial charge in [-0.1, -0.05) is 0 Å². The lowest BCUT2D eigenvalue weighted by molar-refractivity contribution is 0.272. The van der Waals surface area contributed by atoms with Gasteiger partial charge in [-0.2, -0.15) is 0 Å². The van der Waals surface area contributed by atoms with E-state index in [9.17, 15) is 0 Å². The molecule has 0 aliphatic heterocycles. The molecule has 0 rings (SSSR count). The van der Waals surface area contributed by atoms with Gasteiger partial charge in [-0.15, -0.1) is 0 Å². The highest BCUT2D eigenvalue weighted by Gasteiger charge is 1.83. The van der Waals surface area contributed by atoms with E-state index in [-0.39, 0.29) is 13.2 Å². The van der Waals surface area contributed by atoms with Crippen LogP contribution in [-0.4, -0.2) is 23.4 Å². The molecule has 0 atom stereocenters. The second-order valence-corrected chi connectivity index (χ2v) is 0.654. The Hall–Kier alpha value is -0.210. The lowest BCUT2D eigenvalue weighted by atomic mass is 10.5. The third-order valence-electron chi connectivity index (χ3n) is 0.258. The summed E-state index contributed by atoms with van der Waals surface area (Å²) in [5.74, 6) is 0. The van der Waals surface area contributed by atoms with E-state index in [1.807, 2.05) is 0 Å². The predicted octanol–water partition coefficient (Wildman–Crippen LogP) is -0.825. The Balaban J connectivity index is 2.19. The molecule has 0 saturated heterocycles. The fourth-order valence-electron chi connectivity index (χ4n) is 0.0577. The lowest BCUT2D eigenvalue weighted by Crippen LogP contribution is -1.86. The Morgan fingerprint density at radius 2 is 1.60 bits per heavy atom. The van der Waals surface area contributed by atoms with Crippen molar-refractivity contribution in [2.24, 2.45) is 0 Å². The zero-order valence-corrected chi connectivity index (χ0v) is 2.89. The Kier molecular flexibility index (Phi) is 3.63. The van der Waals surface area contributed by atoms with Crippen LogP contribution in [0.15, 0.2) is 0 Å². The molecule has 30 valence electrons. The summed E-state index contributed by atoms with van der Waals surface area (Å²) in [7, 11) is 0. The van der Waals surface area contributed by atoms with Crippen molar-refractivity contribution < 1.29 is 10.2 Å². The van der Waals surface area contributed by atoms with E-state index in [0.29, 0.717) is 0 Å². The van der Waals surface area contributed by atoms with Gasteiger partial charge in [0.1, 0.15) is 6.42 Å². The fourth-order valence-corrected chi connectivity index (χ4v) is 0.0577. The zero-order valence-electron chi connectivity index (χ0n) is 2.89. The largest absolute Gasteiger partial charge is 0.356 e. The predicted molar refractivity (Wildman–Crippen MR) is 18.5 cm³/mol. The maximum atomic E-state index is 7.85. The molecule has 0 saturated carbocycles. The molecule has 5 heavy (non-hydrogen) atoms. The first-order valence-corrected chi connectivity index (χ1v) is 1.45.